The van der Waals surface area contributed by atoms with Gasteiger partial charge in [0, 0.05) is 23.8 Å². The molecule has 29 heavy (non-hydrogen) atoms. The van der Waals surface area contributed by atoms with E-state index >= 15 is 0 Å². The largest absolute Gasteiger partial charge is 0.510 e. The van der Waals surface area contributed by atoms with Crippen molar-refractivity contribution in [2.45, 2.75) is 38.6 Å². The Labute approximate surface area is 172 Å². The molecule has 0 saturated heterocycles. The molecule has 0 aliphatic heterocycles. The number of nitrogen functional groups attached to an aromatic ring is 1. The van der Waals surface area contributed by atoms with Crippen molar-refractivity contribution in [2.24, 2.45) is 0 Å². The summed E-state index contributed by atoms with van der Waals surface area (Å²) in [7, 11) is 0. The standard InChI is InChI=1S/C22H30N4O3/c1-4-5-12-24-20(28)14-26(22(29)15(2)25-19-10-7-11-19)21(16(3)27)17-8-6-9-18(23)13-17/h4,6,8-9,13,19,25,27H,1-2,5,7,10-12,14,23H2,3H3,(H,24,28)/b21-16+. The predicted molar refractivity (Wildman–Crippen MR) is 116 cm³/mol. The van der Waals surface area contributed by atoms with Crippen LogP contribution in [-0.4, -0.2) is 41.0 Å². The Morgan fingerprint density at radius 2 is 2.10 bits per heavy atom. The fraction of sp³-hybridized carbons (Fsp3) is 0.364. The number of anilines is 1. The Morgan fingerprint density at radius 1 is 1.38 bits per heavy atom. The second kappa shape index (κ2) is 10.4. The monoisotopic (exact) mass is 398 g/mol. The van der Waals surface area contributed by atoms with Crippen LogP contribution in [0.5, 0.6) is 0 Å². The number of hydrogen-bond donors (Lipinski definition) is 4. The Morgan fingerprint density at radius 3 is 2.66 bits per heavy atom. The normalized spacial score (nSPS) is 14.2. The van der Waals surface area contributed by atoms with Crippen LogP contribution in [0.1, 0.15) is 38.2 Å². The van der Waals surface area contributed by atoms with E-state index in [1.807, 2.05) is 0 Å². The van der Waals surface area contributed by atoms with Crippen molar-refractivity contribution in [2.75, 3.05) is 18.8 Å². The number of nitrogens with zero attached hydrogens (tertiary/aromatic N) is 1. The number of carbonyl (C=O) groups excluding carboxylic acids is 2. The Bertz CT molecular complexity index is 808. The zero-order valence-corrected chi connectivity index (χ0v) is 16.9. The SMILES string of the molecule is C=CCCNC(=O)CN(C(=O)C(=C)NC1CCC1)/C(=C(\C)O)c1cccc(N)c1. The molecule has 2 rings (SSSR count). The fourth-order valence-corrected chi connectivity index (χ4v) is 3.04. The number of allylic oxidation sites excluding steroid dienone is 1. The second-order valence-corrected chi connectivity index (χ2v) is 7.13. The zero-order valence-electron chi connectivity index (χ0n) is 16.9. The number of hydrogen-bond acceptors (Lipinski definition) is 5. The van der Waals surface area contributed by atoms with E-state index in [1.165, 1.54) is 11.8 Å². The summed E-state index contributed by atoms with van der Waals surface area (Å²) < 4.78 is 0. The molecule has 0 bridgehead atoms. The highest BCUT2D eigenvalue weighted by Gasteiger charge is 2.28. The summed E-state index contributed by atoms with van der Waals surface area (Å²) in [5.41, 5.74) is 7.31. The third-order valence-electron chi connectivity index (χ3n) is 4.73. The lowest BCUT2D eigenvalue weighted by Crippen LogP contribution is -2.45. The number of aliphatic hydroxyl groups excluding tert-OH is 1. The van der Waals surface area contributed by atoms with E-state index in [0.717, 1.165) is 19.3 Å². The van der Waals surface area contributed by atoms with E-state index in [-0.39, 0.29) is 35.6 Å². The fourth-order valence-electron chi connectivity index (χ4n) is 3.04. The molecule has 0 radical (unpaired) electrons. The lowest BCUT2D eigenvalue weighted by Gasteiger charge is -2.31. The molecule has 1 fully saturated rings. The molecule has 156 valence electrons. The Hall–Kier alpha value is -3.22. The second-order valence-electron chi connectivity index (χ2n) is 7.13. The highest BCUT2D eigenvalue weighted by atomic mass is 16.3. The van der Waals surface area contributed by atoms with Gasteiger partial charge in [-0.25, -0.2) is 0 Å². The molecular formula is C22H30N4O3. The molecule has 1 aromatic carbocycles. The first-order valence-corrected chi connectivity index (χ1v) is 9.74. The molecule has 0 atom stereocenters. The van der Waals surface area contributed by atoms with Crippen molar-refractivity contribution < 1.29 is 14.7 Å². The van der Waals surface area contributed by atoms with Crippen molar-refractivity contribution in [1.82, 2.24) is 15.5 Å². The minimum absolute atomic E-state index is 0.0979. The Kier molecular flexibility index (Phi) is 7.88. The zero-order chi connectivity index (χ0) is 21.4. The molecule has 7 heteroatoms. The van der Waals surface area contributed by atoms with Gasteiger partial charge in [-0.3, -0.25) is 14.5 Å². The molecule has 7 nitrogen and oxygen atoms in total. The van der Waals surface area contributed by atoms with Gasteiger partial charge in [-0.15, -0.1) is 6.58 Å². The van der Waals surface area contributed by atoms with Crippen LogP contribution in [0.3, 0.4) is 0 Å². The van der Waals surface area contributed by atoms with Crippen LogP contribution in [0.4, 0.5) is 5.69 Å². The van der Waals surface area contributed by atoms with Gasteiger partial charge in [0.15, 0.2) is 0 Å². The summed E-state index contributed by atoms with van der Waals surface area (Å²) in [6.45, 7) is 9.11. The Balaban J connectivity index is 2.31. The number of aliphatic hydroxyl groups is 1. The van der Waals surface area contributed by atoms with E-state index in [2.05, 4.69) is 23.8 Å². The van der Waals surface area contributed by atoms with Gasteiger partial charge in [0.25, 0.3) is 5.91 Å². The van der Waals surface area contributed by atoms with Crippen LogP contribution in [0.15, 0.2) is 55.0 Å². The first-order chi connectivity index (χ1) is 13.8. The molecule has 1 aliphatic carbocycles. The number of amides is 2. The van der Waals surface area contributed by atoms with Gasteiger partial charge in [0.05, 0.1) is 11.4 Å². The molecule has 0 heterocycles. The maximum atomic E-state index is 13.2. The molecule has 0 spiro atoms. The van der Waals surface area contributed by atoms with Gasteiger partial charge in [-0.2, -0.15) is 0 Å². The van der Waals surface area contributed by atoms with Crippen LogP contribution in [0.2, 0.25) is 0 Å². The molecule has 1 aliphatic rings. The van der Waals surface area contributed by atoms with Gasteiger partial charge < -0.3 is 21.5 Å². The highest BCUT2D eigenvalue weighted by molar-refractivity contribution is 6.01. The predicted octanol–water partition coefficient (Wildman–Crippen LogP) is 2.69. The summed E-state index contributed by atoms with van der Waals surface area (Å²) in [5.74, 6) is -0.917. The van der Waals surface area contributed by atoms with E-state index in [4.69, 9.17) is 5.73 Å². The maximum absolute atomic E-state index is 13.2. The van der Waals surface area contributed by atoms with Crippen molar-refractivity contribution in [3.8, 4) is 0 Å². The third kappa shape index (κ3) is 6.14. The van der Waals surface area contributed by atoms with Crippen LogP contribution >= 0.6 is 0 Å². The van der Waals surface area contributed by atoms with Gasteiger partial charge in [0.2, 0.25) is 5.91 Å². The van der Waals surface area contributed by atoms with Crippen LogP contribution in [0, 0.1) is 0 Å². The minimum Gasteiger partial charge on any atom is -0.510 e. The lowest BCUT2D eigenvalue weighted by atomic mass is 9.93. The first-order valence-electron chi connectivity index (χ1n) is 9.74. The quantitative estimate of drug-likeness (QED) is 0.159. The minimum atomic E-state index is -0.471. The summed E-state index contributed by atoms with van der Waals surface area (Å²) in [5, 5.41) is 16.2. The first kappa shape index (κ1) is 22.1. The van der Waals surface area contributed by atoms with Gasteiger partial charge in [-0.1, -0.05) is 24.8 Å². The molecule has 1 aromatic rings. The van der Waals surface area contributed by atoms with Gasteiger partial charge in [0.1, 0.15) is 12.3 Å². The summed E-state index contributed by atoms with van der Waals surface area (Å²) in [6, 6.07) is 7.02. The summed E-state index contributed by atoms with van der Waals surface area (Å²) in [4.78, 5) is 26.9. The van der Waals surface area contributed by atoms with Gasteiger partial charge >= 0.3 is 0 Å². The number of benzene rings is 1. The van der Waals surface area contributed by atoms with E-state index in [1.54, 1.807) is 30.3 Å². The smallest absolute Gasteiger partial charge is 0.274 e. The number of nitrogens with one attached hydrogen (secondary N) is 2. The molecule has 1 saturated carbocycles. The molecule has 5 N–H and O–H groups in total. The highest BCUT2D eigenvalue weighted by Crippen LogP contribution is 2.26. The molecule has 2 amide bonds. The van der Waals surface area contributed by atoms with E-state index in [0.29, 0.717) is 24.2 Å². The number of rotatable bonds is 10. The van der Waals surface area contributed by atoms with Crippen LogP contribution in [-0.2, 0) is 9.59 Å². The van der Waals surface area contributed by atoms with Crippen molar-refractivity contribution in [3.63, 3.8) is 0 Å². The number of nitrogens with two attached hydrogens (primary N) is 1. The van der Waals surface area contributed by atoms with Crippen molar-refractivity contribution in [1.29, 1.82) is 0 Å². The van der Waals surface area contributed by atoms with Crippen molar-refractivity contribution in [3.05, 3.63) is 60.5 Å². The van der Waals surface area contributed by atoms with Crippen LogP contribution in [0.25, 0.3) is 5.70 Å². The lowest BCUT2D eigenvalue weighted by molar-refractivity contribution is -0.130. The van der Waals surface area contributed by atoms with Crippen LogP contribution < -0.4 is 16.4 Å². The summed E-state index contributed by atoms with van der Waals surface area (Å²) in [6.07, 6.45) is 5.38. The topological polar surface area (TPSA) is 108 Å². The van der Waals surface area contributed by atoms with Gasteiger partial charge in [-0.05, 0) is 44.7 Å². The number of carbonyl (C=O) groups is 2. The van der Waals surface area contributed by atoms with E-state index < -0.39 is 5.91 Å². The third-order valence-corrected chi connectivity index (χ3v) is 4.73. The molecular weight excluding hydrogens is 368 g/mol. The average molecular weight is 399 g/mol. The maximum Gasteiger partial charge on any atom is 0.274 e. The average Bonchev–Trinajstić information content (AvgIpc) is 2.63. The molecule has 0 unspecified atom stereocenters. The molecule has 0 aromatic heterocycles. The van der Waals surface area contributed by atoms with E-state index in [9.17, 15) is 14.7 Å². The summed E-state index contributed by atoms with van der Waals surface area (Å²) >= 11 is 0. The van der Waals surface area contributed by atoms with Crippen molar-refractivity contribution >= 4 is 23.2 Å².